The summed E-state index contributed by atoms with van der Waals surface area (Å²) in [6, 6.07) is 5.33. The molecule has 1 saturated heterocycles. The Kier molecular flexibility index (Phi) is 7.07. The summed E-state index contributed by atoms with van der Waals surface area (Å²) in [5.74, 6) is 1.23. The van der Waals surface area contributed by atoms with Crippen molar-refractivity contribution in [1.82, 2.24) is 24.4 Å². The van der Waals surface area contributed by atoms with Gasteiger partial charge in [-0.3, -0.25) is 4.79 Å². The number of rotatable bonds is 8. The molecule has 0 spiro atoms. The molecule has 0 aromatic carbocycles. The van der Waals surface area contributed by atoms with Crippen LogP contribution >= 0.6 is 0 Å². The number of aliphatic hydroxyl groups excluding tert-OH is 1. The van der Waals surface area contributed by atoms with Crippen LogP contribution in [-0.2, 0) is 11.8 Å². The second-order valence-electron chi connectivity index (χ2n) is 8.53. The second-order valence-corrected chi connectivity index (χ2v) is 8.53. The smallest absolute Gasteiger partial charge is 0.249 e. The van der Waals surface area contributed by atoms with Crippen LogP contribution in [0.25, 0.3) is 11.2 Å². The van der Waals surface area contributed by atoms with Crippen molar-refractivity contribution in [2.45, 2.75) is 13.8 Å². The van der Waals surface area contributed by atoms with Crippen molar-refractivity contribution in [1.29, 1.82) is 5.26 Å². The Morgan fingerprint density at radius 2 is 2.17 bits per heavy atom. The molecule has 184 valence electrons. The van der Waals surface area contributed by atoms with Gasteiger partial charge in [-0.15, -0.1) is 0 Å². The quantitative estimate of drug-likeness (QED) is 0.281. The summed E-state index contributed by atoms with van der Waals surface area (Å²) >= 11 is 0. The van der Waals surface area contributed by atoms with Gasteiger partial charge in [0, 0.05) is 44.3 Å². The maximum absolute atomic E-state index is 12.5. The first-order chi connectivity index (χ1) is 17.3. The number of anilines is 1. The lowest BCUT2D eigenvalue weighted by Gasteiger charge is -2.38. The van der Waals surface area contributed by atoms with Crippen LogP contribution < -0.4 is 10.1 Å². The van der Waals surface area contributed by atoms with Crippen LogP contribution in [0.15, 0.2) is 53.2 Å². The van der Waals surface area contributed by atoms with Gasteiger partial charge in [-0.25, -0.2) is 15.0 Å². The van der Waals surface area contributed by atoms with E-state index in [9.17, 15) is 4.79 Å². The Hall–Kier alpha value is -4.56. The van der Waals surface area contributed by atoms with Crippen molar-refractivity contribution in [3.8, 4) is 17.7 Å². The Labute approximate surface area is 208 Å². The molecule has 11 nitrogen and oxygen atoms in total. The number of aryl methyl sites for hydroxylation is 2. The molecule has 1 aliphatic heterocycles. The Morgan fingerprint density at radius 3 is 2.83 bits per heavy atom. The van der Waals surface area contributed by atoms with Crippen molar-refractivity contribution in [3.05, 3.63) is 59.5 Å². The van der Waals surface area contributed by atoms with Gasteiger partial charge < -0.3 is 24.6 Å². The van der Waals surface area contributed by atoms with E-state index in [1.54, 1.807) is 47.0 Å². The highest BCUT2D eigenvalue weighted by molar-refractivity contribution is 5.93. The normalized spacial score (nSPS) is 14.4. The summed E-state index contributed by atoms with van der Waals surface area (Å²) in [7, 11) is 1.82. The number of aromatic nitrogens is 4. The summed E-state index contributed by atoms with van der Waals surface area (Å²) < 4.78 is 7.74. The van der Waals surface area contributed by atoms with Crippen LogP contribution in [0, 0.1) is 24.2 Å². The van der Waals surface area contributed by atoms with Gasteiger partial charge in [-0.05, 0) is 38.3 Å². The maximum atomic E-state index is 12.5. The van der Waals surface area contributed by atoms with Gasteiger partial charge in [0.25, 0.3) is 0 Å². The van der Waals surface area contributed by atoms with Gasteiger partial charge in [0.05, 0.1) is 18.2 Å². The number of carbonyl (C=O) groups excluding carboxylic acids is 1. The average molecular weight is 487 g/mol. The van der Waals surface area contributed by atoms with Gasteiger partial charge in [0.2, 0.25) is 11.8 Å². The lowest BCUT2D eigenvalue weighted by atomic mass is 10.0. The number of hydrogen-bond acceptors (Lipinski definition) is 9. The number of fused-ring (bicyclic) bond motifs is 1. The Balaban J connectivity index is 1.59. The highest BCUT2D eigenvalue weighted by Crippen LogP contribution is 2.30. The number of aliphatic imine (C=N–C) groups is 1. The van der Waals surface area contributed by atoms with E-state index >= 15 is 0 Å². The first-order valence-electron chi connectivity index (χ1n) is 11.2. The molecule has 0 atom stereocenters. The van der Waals surface area contributed by atoms with Crippen LogP contribution in [0.1, 0.15) is 18.2 Å². The van der Waals surface area contributed by atoms with Crippen molar-refractivity contribution >= 4 is 29.5 Å². The number of aliphatic hydroxyl groups is 1. The second kappa shape index (κ2) is 10.4. The zero-order valence-corrected chi connectivity index (χ0v) is 20.3. The van der Waals surface area contributed by atoms with Crippen molar-refractivity contribution in [2.75, 3.05) is 25.0 Å². The van der Waals surface area contributed by atoms with E-state index in [0.29, 0.717) is 58.7 Å². The van der Waals surface area contributed by atoms with Gasteiger partial charge in [0.1, 0.15) is 23.1 Å². The number of nitrogens with one attached hydrogen (secondary N) is 1. The van der Waals surface area contributed by atoms with Crippen LogP contribution in [-0.4, -0.2) is 61.8 Å². The summed E-state index contributed by atoms with van der Waals surface area (Å²) in [5, 5.41) is 21.4. The Bertz CT molecular complexity index is 1430. The molecule has 0 bridgehead atoms. The molecule has 0 radical (unpaired) electrons. The molecule has 2 N–H and O–H groups in total. The van der Waals surface area contributed by atoms with E-state index < -0.39 is 0 Å². The molecule has 0 aliphatic carbocycles. The topological polar surface area (TPSA) is 142 Å². The van der Waals surface area contributed by atoms with Gasteiger partial charge in [-0.2, -0.15) is 10.2 Å². The lowest BCUT2D eigenvalue weighted by molar-refractivity contribution is -0.134. The summed E-state index contributed by atoms with van der Waals surface area (Å²) in [6.45, 7) is 8.38. The molecule has 3 aromatic heterocycles. The van der Waals surface area contributed by atoms with Crippen molar-refractivity contribution in [3.63, 3.8) is 0 Å². The van der Waals surface area contributed by atoms with E-state index in [2.05, 4.69) is 32.0 Å². The van der Waals surface area contributed by atoms with Crippen LogP contribution in [0.4, 0.5) is 5.69 Å². The van der Waals surface area contributed by atoms with E-state index in [0.717, 1.165) is 5.56 Å². The number of ether oxygens (including phenoxy) is 1. The fourth-order valence-corrected chi connectivity index (χ4v) is 3.69. The predicted octanol–water partition coefficient (Wildman–Crippen LogP) is 2.69. The molecule has 3 aromatic rings. The van der Waals surface area contributed by atoms with Crippen molar-refractivity contribution in [2.24, 2.45) is 18.0 Å². The van der Waals surface area contributed by atoms with Crippen molar-refractivity contribution < 1.29 is 14.6 Å². The number of amides is 1. The molecule has 1 aliphatic rings. The third-order valence-electron chi connectivity index (χ3n) is 5.80. The lowest BCUT2D eigenvalue weighted by Crippen LogP contribution is -2.51. The highest BCUT2D eigenvalue weighted by atomic mass is 16.5. The fraction of sp³-hybridized carbons (Fsp3) is 0.280. The summed E-state index contributed by atoms with van der Waals surface area (Å²) in [6.07, 6.45) is 6.46. The predicted molar refractivity (Wildman–Crippen MR) is 134 cm³/mol. The molecule has 11 heteroatoms. The molecular weight excluding hydrogens is 460 g/mol. The SMILES string of the molecule is C=N/C(=C\C=C(/C)C(=O)N1CC(CO)C1)Nc1cc(Oc2cnc(C#N)cc2C)nc2c1ncn2C. The molecular formula is C25H26N8O3. The monoisotopic (exact) mass is 486 g/mol. The highest BCUT2D eigenvalue weighted by Gasteiger charge is 2.30. The molecule has 4 rings (SSSR count). The molecule has 0 saturated carbocycles. The molecule has 4 heterocycles. The van der Waals surface area contributed by atoms with Crippen LogP contribution in [0.5, 0.6) is 11.6 Å². The molecule has 1 fully saturated rings. The van der Waals surface area contributed by atoms with Gasteiger partial charge in [0.15, 0.2) is 11.4 Å². The minimum atomic E-state index is -0.0857. The van der Waals surface area contributed by atoms with Crippen LogP contribution in [0.2, 0.25) is 0 Å². The number of nitriles is 1. The minimum absolute atomic E-state index is 0.0851. The minimum Gasteiger partial charge on any atom is -0.437 e. The zero-order valence-electron chi connectivity index (χ0n) is 20.3. The maximum Gasteiger partial charge on any atom is 0.249 e. The van der Waals surface area contributed by atoms with E-state index in [1.807, 2.05) is 20.0 Å². The average Bonchev–Trinajstić information content (AvgIpc) is 3.22. The fourth-order valence-electron chi connectivity index (χ4n) is 3.69. The summed E-state index contributed by atoms with van der Waals surface area (Å²) in [5.41, 5.74) is 3.35. The number of pyridine rings is 2. The number of allylic oxidation sites excluding steroid dienone is 2. The number of hydrogen-bond donors (Lipinski definition) is 2. The third kappa shape index (κ3) is 5.08. The molecule has 1 amide bonds. The van der Waals surface area contributed by atoms with E-state index in [1.165, 1.54) is 6.20 Å². The first kappa shape index (κ1) is 24.6. The van der Waals surface area contributed by atoms with Gasteiger partial charge >= 0.3 is 0 Å². The molecule has 36 heavy (non-hydrogen) atoms. The standard InChI is InChI=1S/C25H26N8O3/c1-15(25(35)33-11-17(12-33)13-34)5-6-21(27-3)30-19-8-22(31-24-23(19)29-14-32(24)4)36-20-10-28-18(9-26)7-16(20)2/h5-8,10,14,17,34H,3,11-13H2,1-2,4H3,(H,30,31)/b15-5+,21-6+. The molecule has 0 unspecified atom stereocenters. The number of imidazole rings is 1. The Morgan fingerprint density at radius 1 is 1.39 bits per heavy atom. The number of likely N-dealkylation sites (tertiary alicyclic amines) is 1. The zero-order chi connectivity index (χ0) is 25.8. The van der Waals surface area contributed by atoms with Gasteiger partial charge in [-0.1, -0.05) is 6.08 Å². The van der Waals surface area contributed by atoms with E-state index in [4.69, 9.17) is 15.1 Å². The number of carbonyl (C=O) groups is 1. The largest absolute Gasteiger partial charge is 0.437 e. The van der Waals surface area contributed by atoms with E-state index in [-0.39, 0.29) is 18.4 Å². The van der Waals surface area contributed by atoms with Crippen LogP contribution in [0.3, 0.4) is 0 Å². The summed E-state index contributed by atoms with van der Waals surface area (Å²) in [4.78, 5) is 31.3. The number of nitrogens with zero attached hydrogens (tertiary/aromatic N) is 7. The first-order valence-corrected chi connectivity index (χ1v) is 11.2. The third-order valence-corrected chi connectivity index (χ3v) is 5.80.